The fourth-order valence-electron chi connectivity index (χ4n) is 3.51. The van der Waals surface area contributed by atoms with Crippen LogP contribution in [0.2, 0.25) is 0 Å². The van der Waals surface area contributed by atoms with E-state index in [0.717, 1.165) is 38.0 Å². The molecule has 23 heavy (non-hydrogen) atoms. The summed E-state index contributed by atoms with van der Waals surface area (Å²) in [7, 11) is 0. The van der Waals surface area contributed by atoms with Crippen molar-refractivity contribution in [3.8, 4) is 0 Å². The van der Waals surface area contributed by atoms with Crippen LogP contribution >= 0.6 is 0 Å². The van der Waals surface area contributed by atoms with E-state index in [9.17, 15) is 9.59 Å². The number of hydrogen-bond donors (Lipinski definition) is 0. The molecule has 3 rings (SSSR count). The Morgan fingerprint density at radius 1 is 1.04 bits per heavy atom. The average Bonchev–Trinajstić information content (AvgIpc) is 2.79. The van der Waals surface area contributed by atoms with E-state index in [0.29, 0.717) is 19.8 Å². The van der Waals surface area contributed by atoms with Crippen molar-refractivity contribution in [2.45, 2.75) is 19.8 Å². The molecule has 2 amide bonds. The van der Waals surface area contributed by atoms with Gasteiger partial charge in [0, 0.05) is 44.1 Å². The Bertz CT molecular complexity index is 565. The Morgan fingerprint density at radius 3 is 2.39 bits per heavy atom. The summed E-state index contributed by atoms with van der Waals surface area (Å²) in [5, 5.41) is 0. The summed E-state index contributed by atoms with van der Waals surface area (Å²) in [6, 6.07) is 9.42. The first-order valence-electron chi connectivity index (χ1n) is 8.27. The largest absolute Gasteiger partial charge is 0.379 e. The van der Waals surface area contributed by atoms with E-state index < -0.39 is 0 Å². The highest BCUT2D eigenvalue weighted by Gasteiger charge is 2.39. The third kappa shape index (κ3) is 3.55. The first kappa shape index (κ1) is 16.0. The number of nitrogens with zero attached hydrogens (tertiary/aromatic N) is 2. The van der Waals surface area contributed by atoms with Gasteiger partial charge in [0.25, 0.3) is 5.91 Å². The standard InChI is InChI=1S/C18H24N2O3/c1-15(21)20-11-12-23-14-18(13-20)7-9-19(10-8-18)17(22)16-5-3-2-4-6-16/h2-6H,7-14H2,1H3. The van der Waals surface area contributed by atoms with Gasteiger partial charge in [-0.1, -0.05) is 18.2 Å². The fraction of sp³-hybridized carbons (Fsp3) is 0.556. The van der Waals surface area contributed by atoms with Gasteiger partial charge in [-0.2, -0.15) is 0 Å². The number of hydrogen-bond acceptors (Lipinski definition) is 3. The molecule has 1 aromatic carbocycles. The van der Waals surface area contributed by atoms with Gasteiger partial charge >= 0.3 is 0 Å². The number of piperidine rings is 1. The van der Waals surface area contributed by atoms with E-state index in [-0.39, 0.29) is 17.2 Å². The molecule has 0 saturated carbocycles. The molecule has 0 bridgehead atoms. The van der Waals surface area contributed by atoms with Crippen LogP contribution < -0.4 is 0 Å². The molecule has 2 fully saturated rings. The highest BCUT2D eigenvalue weighted by Crippen LogP contribution is 2.34. The SMILES string of the molecule is CC(=O)N1CCOCC2(CCN(C(=O)c3ccccc3)CC2)C1. The number of benzene rings is 1. The van der Waals surface area contributed by atoms with Crippen molar-refractivity contribution in [3.63, 3.8) is 0 Å². The predicted octanol–water partition coefficient (Wildman–Crippen LogP) is 1.79. The lowest BCUT2D eigenvalue weighted by Crippen LogP contribution is -2.49. The Kier molecular flexibility index (Phi) is 4.66. The zero-order valence-electron chi connectivity index (χ0n) is 13.7. The highest BCUT2D eigenvalue weighted by molar-refractivity contribution is 5.94. The Balaban J connectivity index is 1.65. The topological polar surface area (TPSA) is 49.9 Å². The quantitative estimate of drug-likeness (QED) is 0.794. The summed E-state index contributed by atoms with van der Waals surface area (Å²) >= 11 is 0. The maximum absolute atomic E-state index is 12.5. The van der Waals surface area contributed by atoms with Crippen molar-refractivity contribution in [2.24, 2.45) is 5.41 Å². The molecule has 5 nitrogen and oxygen atoms in total. The van der Waals surface area contributed by atoms with Gasteiger partial charge in [-0.15, -0.1) is 0 Å². The minimum absolute atomic E-state index is 0.00433. The Labute approximate surface area is 137 Å². The van der Waals surface area contributed by atoms with E-state index in [1.54, 1.807) is 6.92 Å². The summed E-state index contributed by atoms with van der Waals surface area (Å²) < 4.78 is 5.75. The maximum Gasteiger partial charge on any atom is 0.253 e. The van der Waals surface area contributed by atoms with E-state index in [1.165, 1.54) is 0 Å². The van der Waals surface area contributed by atoms with Gasteiger partial charge in [-0.25, -0.2) is 0 Å². The van der Waals surface area contributed by atoms with Crippen LogP contribution in [0.3, 0.4) is 0 Å². The molecule has 1 spiro atoms. The van der Waals surface area contributed by atoms with Gasteiger partial charge < -0.3 is 14.5 Å². The van der Waals surface area contributed by atoms with Gasteiger partial charge in [-0.3, -0.25) is 9.59 Å². The molecular formula is C18H24N2O3. The Morgan fingerprint density at radius 2 is 1.74 bits per heavy atom. The van der Waals surface area contributed by atoms with Gasteiger partial charge in [0.2, 0.25) is 5.91 Å². The number of carbonyl (C=O) groups is 2. The van der Waals surface area contributed by atoms with Crippen LogP contribution in [0.1, 0.15) is 30.1 Å². The van der Waals surface area contributed by atoms with Crippen LogP contribution in [0, 0.1) is 5.41 Å². The molecule has 2 heterocycles. The van der Waals surface area contributed by atoms with Crippen LogP contribution in [-0.2, 0) is 9.53 Å². The summed E-state index contributed by atoms with van der Waals surface area (Å²) in [6.45, 7) is 5.77. The van der Waals surface area contributed by atoms with E-state index >= 15 is 0 Å². The number of ether oxygens (including phenoxy) is 1. The van der Waals surface area contributed by atoms with Crippen molar-refractivity contribution in [3.05, 3.63) is 35.9 Å². The summed E-state index contributed by atoms with van der Waals surface area (Å²) in [5.41, 5.74) is 0.737. The zero-order valence-corrected chi connectivity index (χ0v) is 13.7. The predicted molar refractivity (Wildman–Crippen MR) is 87.1 cm³/mol. The monoisotopic (exact) mass is 316 g/mol. The highest BCUT2D eigenvalue weighted by atomic mass is 16.5. The number of carbonyl (C=O) groups excluding carboxylic acids is 2. The van der Waals surface area contributed by atoms with Crippen LogP contribution in [-0.4, -0.2) is 61.0 Å². The third-order valence-corrected chi connectivity index (χ3v) is 5.02. The van der Waals surface area contributed by atoms with Crippen LogP contribution in [0.4, 0.5) is 0 Å². The second-order valence-electron chi connectivity index (χ2n) is 6.65. The van der Waals surface area contributed by atoms with Crippen LogP contribution in [0.15, 0.2) is 30.3 Å². The molecule has 0 aliphatic carbocycles. The summed E-state index contributed by atoms with van der Waals surface area (Å²) in [5.74, 6) is 0.205. The van der Waals surface area contributed by atoms with Crippen molar-refractivity contribution >= 4 is 11.8 Å². The molecule has 0 atom stereocenters. The van der Waals surface area contributed by atoms with Crippen molar-refractivity contribution in [2.75, 3.05) is 39.4 Å². The maximum atomic E-state index is 12.5. The van der Waals surface area contributed by atoms with Crippen LogP contribution in [0.5, 0.6) is 0 Å². The van der Waals surface area contributed by atoms with Gasteiger partial charge in [0.15, 0.2) is 0 Å². The minimum atomic E-state index is -0.00433. The fourth-order valence-corrected chi connectivity index (χ4v) is 3.51. The third-order valence-electron chi connectivity index (χ3n) is 5.02. The summed E-state index contributed by atoms with van der Waals surface area (Å²) in [4.78, 5) is 28.1. The molecule has 124 valence electrons. The molecular weight excluding hydrogens is 292 g/mol. The van der Waals surface area contributed by atoms with Gasteiger partial charge in [0.1, 0.15) is 0 Å². The molecule has 5 heteroatoms. The first-order chi connectivity index (χ1) is 11.1. The summed E-state index contributed by atoms with van der Waals surface area (Å²) in [6.07, 6.45) is 1.77. The van der Waals surface area contributed by atoms with Crippen LogP contribution in [0.25, 0.3) is 0 Å². The molecule has 0 aromatic heterocycles. The zero-order chi connectivity index (χ0) is 16.3. The second-order valence-corrected chi connectivity index (χ2v) is 6.65. The van der Waals surface area contributed by atoms with Crippen molar-refractivity contribution < 1.29 is 14.3 Å². The van der Waals surface area contributed by atoms with E-state index in [2.05, 4.69) is 0 Å². The molecule has 2 saturated heterocycles. The minimum Gasteiger partial charge on any atom is -0.379 e. The molecule has 0 N–H and O–H groups in total. The second kappa shape index (κ2) is 6.71. The Hall–Kier alpha value is -1.88. The molecule has 0 radical (unpaired) electrons. The van der Waals surface area contributed by atoms with Crippen molar-refractivity contribution in [1.82, 2.24) is 9.80 Å². The molecule has 2 aliphatic rings. The number of likely N-dealkylation sites (tertiary alicyclic amines) is 1. The average molecular weight is 316 g/mol. The van der Waals surface area contributed by atoms with Crippen molar-refractivity contribution in [1.29, 1.82) is 0 Å². The lowest BCUT2D eigenvalue weighted by atomic mass is 9.78. The van der Waals surface area contributed by atoms with E-state index in [4.69, 9.17) is 4.74 Å². The normalized spacial score (nSPS) is 21.1. The number of amides is 2. The first-order valence-corrected chi connectivity index (χ1v) is 8.27. The molecule has 1 aromatic rings. The lowest BCUT2D eigenvalue weighted by molar-refractivity contribution is -0.130. The molecule has 0 unspecified atom stereocenters. The van der Waals surface area contributed by atoms with E-state index in [1.807, 2.05) is 40.1 Å². The number of rotatable bonds is 1. The smallest absolute Gasteiger partial charge is 0.253 e. The molecule has 2 aliphatic heterocycles. The van der Waals surface area contributed by atoms with Gasteiger partial charge in [0.05, 0.1) is 13.2 Å². The lowest BCUT2D eigenvalue weighted by Gasteiger charge is -2.42. The van der Waals surface area contributed by atoms with Gasteiger partial charge in [-0.05, 0) is 25.0 Å².